The van der Waals surface area contributed by atoms with E-state index in [-0.39, 0.29) is 48.3 Å². The SMILES string of the molecule is CN(C)C(=O)CN=C(NC1CCCC1)N1CCCC(CC(N)=O)C1.I. The summed E-state index contributed by atoms with van der Waals surface area (Å²) in [5.74, 6) is 0.834. The number of halogens is 1. The zero-order valence-corrected chi connectivity index (χ0v) is 17.7. The van der Waals surface area contributed by atoms with Crippen LogP contribution in [0.3, 0.4) is 0 Å². The monoisotopic (exact) mass is 465 g/mol. The third-order valence-corrected chi connectivity index (χ3v) is 4.86. The smallest absolute Gasteiger partial charge is 0.243 e. The molecule has 2 fully saturated rings. The largest absolute Gasteiger partial charge is 0.370 e. The van der Waals surface area contributed by atoms with E-state index in [9.17, 15) is 9.59 Å². The zero-order valence-electron chi connectivity index (χ0n) is 15.4. The molecule has 7 nitrogen and oxygen atoms in total. The Morgan fingerprint density at radius 2 is 1.88 bits per heavy atom. The van der Waals surface area contributed by atoms with Crippen molar-refractivity contribution in [1.29, 1.82) is 0 Å². The van der Waals surface area contributed by atoms with Crippen LogP contribution in [-0.2, 0) is 9.59 Å². The van der Waals surface area contributed by atoms with Gasteiger partial charge in [0, 0.05) is 39.6 Å². The average molecular weight is 465 g/mol. The van der Waals surface area contributed by atoms with Crippen molar-refractivity contribution < 1.29 is 9.59 Å². The highest BCUT2D eigenvalue weighted by molar-refractivity contribution is 14.0. The van der Waals surface area contributed by atoms with Crippen LogP contribution in [0, 0.1) is 5.92 Å². The Hall–Kier alpha value is -1.06. The number of nitrogens with zero attached hydrogens (tertiary/aromatic N) is 3. The quantitative estimate of drug-likeness (QED) is 0.362. The Morgan fingerprint density at radius 1 is 1.20 bits per heavy atom. The van der Waals surface area contributed by atoms with E-state index in [4.69, 9.17) is 5.73 Å². The first-order chi connectivity index (χ1) is 11.5. The number of amides is 2. The summed E-state index contributed by atoms with van der Waals surface area (Å²) < 4.78 is 0. The Morgan fingerprint density at radius 3 is 2.48 bits per heavy atom. The Balaban J connectivity index is 0.00000312. The van der Waals surface area contributed by atoms with Crippen molar-refractivity contribution in [3.63, 3.8) is 0 Å². The molecule has 0 spiro atoms. The molecule has 1 unspecified atom stereocenters. The number of hydrogen-bond donors (Lipinski definition) is 2. The Bertz CT molecular complexity index is 478. The average Bonchev–Trinajstić information content (AvgIpc) is 3.03. The highest BCUT2D eigenvalue weighted by atomic mass is 127. The number of guanidine groups is 1. The van der Waals surface area contributed by atoms with E-state index < -0.39 is 0 Å². The van der Waals surface area contributed by atoms with E-state index in [1.807, 2.05) is 0 Å². The summed E-state index contributed by atoms with van der Waals surface area (Å²) in [5, 5.41) is 3.54. The molecule has 1 heterocycles. The van der Waals surface area contributed by atoms with Crippen molar-refractivity contribution in [3.8, 4) is 0 Å². The number of piperidine rings is 1. The predicted octanol–water partition coefficient (Wildman–Crippen LogP) is 1.17. The van der Waals surface area contributed by atoms with E-state index >= 15 is 0 Å². The van der Waals surface area contributed by atoms with Gasteiger partial charge in [-0.1, -0.05) is 12.8 Å². The minimum atomic E-state index is -0.244. The van der Waals surface area contributed by atoms with E-state index in [0.717, 1.165) is 44.7 Å². The lowest BCUT2D eigenvalue weighted by Gasteiger charge is -2.35. The Kier molecular flexibility index (Phi) is 9.52. The van der Waals surface area contributed by atoms with Gasteiger partial charge in [0.15, 0.2) is 5.96 Å². The molecule has 0 aromatic rings. The molecule has 2 rings (SSSR count). The first kappa shape index (κ1) is 22.0. The number of carbonyl (C=O) groups is 2. The molecule has 0 aromatic carbocycles. The highest BCUT2D eigenvalue weighted by Gasteiger charge is 2.26. The van der Waals surface area contributed by atoms with Gasteiger partial charge in [-0.15, -0.1) is 24.0 Å². The molecule has 2 aliphatic rings. The number of nitrogens with one attached hydrogen (secondary N) is 1. The van der Waals surface area contributed by atoms with Crippen molar-refractivity contribution in [1.82, 2.24) is 15.1 Å². The summed E-state index contributed by atoms with van der Waals surface area (Å²) in [6.45, 7) is 1.83. The lowest BCUT2D eigenvalue weighted by molar-refractivity contribution is -0.127. The van der Waals surface area contributed by atoms with Crippen molar-refractivity contribution in [3.05, 3.63) is 0 Å². The highest BCUT2D eigenvalue weighted by Crippen LogP contribution is 2.21. The van der Waals surface area contributed by atoms with E-state index in [2.05, 4.69) is 15.2 Å². The summed E-state index contributed by atoms with van der Waals surface area (Å²) in [6.07, 6.45) is 7.25. The molecule has 3 N–H and O–H groups in total. The first-order valence-electron chi connectivity index (χ1n) is 9.00. The van der Waals surface area contributed by atoms with Gasteiger partial charge in [-0.3, -0.25) is 9.59 Å². The van der Waals surface area contributed by atoms with Crippen molar-refractivity contribution >= 4 is 41.8 Å². The van der Waals surface area contributed by atoms with Crippen molar-refractivity contribution in [2.75, 3.05) is 33.7 Å². The van der Waals surface area contributed by atoms with E-state index in [1.54, 1.807) is 19.0 Å². The van der Waals surface area contributed by atoms with Crippen LogP contribution in [0.4, 0.5) is 0 Å². The predicted molar refractivity (Wildman–Crippen MR) is 110 cm³/mol. The molecular formula is C17H32IN5O2. The number of likely N-dealkylation sites (N-methyl/N-ethyl adjacent to an activating group) is 1. The Labute approximate surface area is 167 Å². The lowest BCUT2D eigenvalue weighted by Crippen LogP contribution is -2.50. The molecule has 0 radical (unpaired) electrons. The van der Waals surface area contributed by atoms with Gasteiger partial charge >= 0.3 is 0 Å². The normalized spacial score (nSPS) is 21.6. The summed E-state index contributed by atoms with van der Waals surface area (Å²) in [7, 11) is 3.48. The van der Waals surface area contributed by atoms with Gasteiger partial charge in [0.2, 0.25) is 11.8 Å². The zero-order chi connectivity index (χ0) is 17.5. The van der Waals surface area contributed by atoms with Crippen LogP contribution in [0.25, 0.3) is 0 Å². The summed E-state index contributed by atoms with van der Waals surface area (Å²) in [5.41, 5.74) is 5.36. The van der Waals surface area contributed by atoms with E-state index in [1.165, 1.54) is 12.8 Å². The van der Waals surface area contributed by atoms with Crippen LogP contribution in [0.15, 0.2) is 4.99 Å². The number of rotatable bonds is 5. The minimum Gasteiger partial charge on any atom is -0.370 e. The molecule has 1 saturated heterocycles. The molecule has 1 aliphatic heterocycles. The number of primary amides is 1. The topological polar surface area (TPSA) is 91.0 Å². The summed E-state index contributed by atoms with van der Waals surface area (Å²) in [4.78, 5) is 31.4. The van der Waals surface area contributed by atoms with Crippen LogP contribution in [0.2, 0.25) is 0 Å². The fourth-order valence-electron chi connectivity index (χ4n) is 3.48. The van der Waals surface area contributed by atoms with Crippen molar-refractivity contribution in [2.24, 2.45) is 16.6 Å². The number of likely N-dealkylation sites (tertiary alicyclic amines) is 1. The second-order valence-electron chi connectivity index (χ2n) is 7.18. The number of hydrogen-bond acceptors (Lipinski definition) is 3. The molecule has 8 heteroatoms. The maximum atomic E-state index is 11.9. The minimum absolute atomic E-state index is 0. The summed E-state index contributed by atoms with van der Waals surface area (Å²) in [6, 6.07) is 0.440. The summed E-state index contributed by atoms with van der Waals surface area (Å²) >= 11 is 0. The molecule has 1 saturated carbocycles. The van der Waals surface area contributed by atoms with E-state index in [0.29, 0.717) is 12.5 Å². The fourth-order valence-corrected chi connectivity index (χ4v) is 3.48. The molecule has 1 atom stereocenters. The molecule has 25 heavy (non-hydrogen) atoms. The van der Waals surface area contributed by atoms with Crippen LogP contribution in [0.5, 0.6) is 0 Å². The molecule has 1 aliphatic carbocycles. The molecular weight excluding hydrogens is 433 g/mol. The van der Waals surface area contributed by atoms with Crippen LogP contribution >= 0.6 is 24.0 Å². The molecule has 2 amide bonds. The van der Waals surface area contributed by atoms with Gasteiger partial charge in [-0.2, -0.15) is 0 Å². The number of carbonyl (C=O) groups excluding carboxylic acids is 2. The van der Waals surface area contributed by atoms with Crippen LogP contribution in [-0.4, -0.2) is 67.3 Å². The van der Waals surface area contributed by atoms with Crippen molar-refractivity contribution in [2.45, 2.75) is 51.0 Å². The van der Waals surface area contributed by atoms with Gasteiger partial charge in [-0.05, 0) is 31.6 Å². The molecule has 144 valence electrons. The second-order valence-corrected chi connectivity index (χ2v) is 7.18. The lowest BCUT2D eigenvalue weighted by atomic mass is 9.95. The van der Waals surface area contributed by atoms with Gasteiger partial charge in [-0.25, -0.2) is 4.99 Å². The standard InChI is InChI=1S/C17H31N5O2.HI/c1-21(2)16(24)11-19-17(20-14-7-3-4-8-14)22-9-5-6-13(12-22)10-15(18)23;/h13-14H,3-12H2,1-2H3,(H2,18,23)(H,19,20);1H. The second kappa shape index (κ2) is 10.8. The van der Waals surface area contributed by atoms with Gasteiger partial charge in [0.25, 0.3) is 0 Å². The van der Waals surface area contributed by atoms with Gasteiger partial charge in [0.05, 0.1) is 0 Å². The maximum absolute atomic E-state index is 11.9. The molecule has 0 bridgehead atoms. The van der Waals surface area contributed by atoms with Crippen LogP contribution in [0.1, 0.15) is 44.9 Å². The fraction of sp³-hybridized carbons (Fsp3) is 0.824. The third kappa shape index (κ3) is 7.37. The van der Waals surface area contributed by atoms with Gasteiger partial charge < -0.3 is 20.9 Å². The third-order valence-electron chi connectivity index (χ3n) is 4.86. The molecule has 0 aromatic heterocycles. The van der Waals surface area contributed by atoms with Crippen LogP contribution < -0.4 is 11.1 Å². The maximum Gasteiger partial charge on any atom is 0.243 e. The number of aliphatic imine (C=N–C) groups is 1. The van der Waals surface area contributed by atoms with Gasteiger partial charge in [0.1, 0.15) is 6.54 Å². The number of nitrogens with two attached hydrogens (primary N) is 1. The first-order valence-corrected chi connectivity index (χ1v) is 9.00.